The summed E-state index contributed by atoms with van der Waals surface area (Å²) in [6.45, 7) is 6.69. The normalized spacial score (nSPS) is 20.8. The van der Waals surface area contributed by atoms with Crippen molar-refractivity contribution >= 4 is 22.4 Å². The van der Waals surface area contributed by atoms with E-state index in [1.54, 1.807) is 25.2 Å². The van der Waals surface area contributed by atoms with Crippen LogP contribution in [0, 0.1) is 0 Å². The van der Waals surface area contributed by atoms with Gasteiger partial charge in [0.2, 0.25) is 0 Å². The summed E-state index contributed by atoms with van der Waals surface area (Å²) in [7, 11) is 0. The molecule has 2 rings (SSSR count). The number of anilines is 1. The van der Waals surface area contributed by atoms with Crippen LogP contribution >= 0.6 is 11.3 Å². The number of thiazole rings is 1. The molecule has 20 heavy (non-hydrogen) atoms. The molecular formula is C15H24N2O2S. The molecule has 1 aromatic heterocycles. The van der Waals surface area contributed by atoms with Gasteiger partial charge >= 0.3 is 5.97 Å². The van der Waals surface area contributed by atoms with Gasteiger partial charge in [-0.15, -0.1) is 11.3 Å². The minimum Gasteiger partial charge on any atom is -0.481 e. The number of carboxylic acids is 1. The predicted octanol–water partition coefficient (Wildman–Crippen LogP) is 3.66. The molecule has 112 valence electrons. The van der Waals surface area contributed by atoms with Crippen molar-refractivity contribution in [3.05, 3.63) is 11.1 Å². The molecule has 0 radical (unpaired) electrons. The van der Waals surface area contributed by atoms with Crippen molar-refractivity contribution in [1.82, 2.24) is 4.98 Å². The van der Waals surface area contributed by atoms with Crippen LogP contribution in [0.3, 0.4) is 0 Å². The Balaban J connectivity index is 2.24. The van der Waals surface area contributed by atoms with Crippen LogP contribution < -0.4 is 4.90 Å². The summed E-state index contributed by atoms with van der Waals surface area (Å²) in [4.78, 5) is 18.4. The molecule has 1 unspecified atom stereocenters. The number of hydrogen-bond donors (Lipinski definition) is 1. The summed E-state index contributed by atoms with van der Waals surface area (Å²) in [5.41, 5.74) is -0.244. The molecule has 5 heteroatoms. The molecule has 0 aliphatic carbocycles. The van der Waals surface area contributed by atoms with Gasteiger partial charge in [-0.05, 0) is 33.1 Å². The molecule has 4 nitrogen and oxygen atoms in total. The Morgan fingerprint density at radius 1 is 1.50 bits per heavy atom. The zero-order chi connectivity index (χ0) is 14.8. The number of carbonyl (C=O) groups is 1. The van der Waals surface area contributed by atoms with Gasteiger partial charge in [0, 0.05) is 18.0 Å². The van der Waals surface area contributed by atoms with Crippen LogP contribution in [0.15, 0.2) is 5.38 Å². The van der Waals surface area contributed by atoms with Gasteiger partial charge in [-0.25, -0.2) is 4.98 Å². The van der Waals surface area contributed by atoms with E-state index in [9.17, 15) is 9.90 Å². The van der Waals surface area contributed by atoms with Crippen LogP contribution in [0.4, 0.5) is 5.13 Å². The van der Waals surface area contributed by atoms with Crippen molar-refractivity contribution in [2.75, 3.05) is 11.4 Å². The fraction of sp³-hybridized carbons (Fsp3) is 0.733. The largest absolute Gasteiger partial charge is 0.481 e. The van der Waals surface area contributed by atoms with Gasteiger partial charge in [-0.3, -0.25) is 4.79 Å². The van der Waals surface area contributed by atoms with Crippen LogP contribution in [0.5, 0.6) is 0 Å². The molecule has 1 fully saturated rings. The monoisotopic (exact) mass is 296 g/mol. The summed E-state index contributed by atoms with van der Waals surface area (Å²) in [6, 6.07) is 0.546. The summed E-state index contributed by atoms with van der Waals surface area (Å²) in [5.74, 6) is -0.822. The fourth-order valence-electron chi connectivity index (χ4n) is 2.65. The first kappa shape index (κ1) is 15.3. The Kier molecular flexibility index (Phi) is 4.68. The lowest BCUT2D eigenvalue weighted by atomic mass is 9.90. The van der Waals surface area contributed by atoms with Gasteiger partial charge in [-0.2, -0.15) is 0 Å². The maximum atomic E-state index is 11.3. The van der Waals surface area contributed by atoms with Gasteiger partial charge < -0.3 is 10.0 Å². The van der Waals surface area contributed by atoms with Crippen LogP contribution in [-0.2, 0) is 10.2 Å². The third-order valence-corrected chi connectivity index (χ3v) is 5.14. The van der Waals surface area contributed by atoms with Crippen LogP contribution in [-0.4, -0.2) is 28.6 Å². The summed E-state index contributed by atoms with van der Waals surface area (Å²) in [6.07, 6.45) is 6.11. The van der Waals surface area contributed by atoms with Crippen LogP contribution in [0.2, 0.25) is 0 Å². The number of nitrogens with zero attached hydrogens (tertiary/aromatic N) is 2. The van der Waals surface area contributed by atoms with Gasteiger partial charge in [0.05, 0.1) is 5.69 Å². The molecule has 2 heterocycles. The lowest BCUT2D eigenvalue weighted by molar-refractivity contribution is -0.142. The number of aromatic nitrogens is 1. The summed E-state index contributed by atoms with van der Waals surface area (Å²) < 4.78 is 0. The summed E-state index contributed by atoms with van der Waals surface area (Å²) in [5, 5.41) is 12.2. The maximum Gasteiger partial charge on any atom is 0.315 e. The molecule has 1 aromatic rings. The summed E-state index contributed by atoms with van der Waals surface area (Å²) >= 11 is 1.58. The molecule has 1 saturated heterocycles. The highest BCUT2D eigenvalue weighted by molar-refractivity contribution is 7.13. The molecule has 0 bridgehead atoms. The van der Waals surface area contributed by atoms with Crippen LogP contribution in [0.1, 0.15) is 58.6 Å². The number of carboxylic acid groups (broad SMARTS) is 1. The molecule has 0 aromatic carbocycles. The average molecular weight is 296 g/mol. The van der Waals surface area contributed by atoms with Gasteiger partial charge in [0.1, 0.15) is 5.41 Å². The van der Waals surface area contributed by atoms with Gasteiger partial charge in [-0.1, -0.05) is 19.8 Å². The Morgan fingerprint density at radius 3 is 2.90 bits per heavy atom. The number of hydrogen-bond acceptors (Lipinski definition) is 4. The minimum absolute atomic E-state index is 0.546. The van der Waals surface area contributed by atoms with E-state index >= 15 is 0 Å². The number of rotatable bonds is 4. The predicted molar refractivity (Wildman–Crippen MR) is 82.7 cm³/mol. The quantitative estimate of drug-likeness (QED) is 0.921. The standard InChI is InChI=1S/C15H24N2O2S/c1-4-11-8-6-5-7-9-17(11)14-16-12(10-20-14)15(2,3)13(18)19/h10-11H,4-9H2,1-3H3,(H,18,19). The zero-order valence-electron chi connectivity index (χ0n) is 12.6. The molecular weight excluding hydrogens is 272 g/mol. The topological polar surface area (TPSA) is 53.4 Å². The fourth-order valence-corrected chi connectivity index (χ4v) is 3.74. The molecule has 0 saturated carbocycles. The molecule has 1 N–H and O–H groups in total. The smallest absolute Gasteiger partial charge is 0.315 e. The van der Waals surface area contributed by atoms with E-state index in [0.717, 1.165) is 18.1 Å². The SMILES string of the molecule is CCC1CCCCCN1c1nc(C(C)(C)C(=O)O)cs1. The molecule has 0 amide bonds. The van der Waals surface area contributed by atoms with Crippen molar-refractivity contribution in [1.29, 1.82) is 0 Å². The zero-order valence-corrected chi connectivity index (χ0v) is 13.4. The maximum absolute atomic E-state index is 11.3. The van der Waals surface area contributed by atoms with Crippen molar-refractivity contribution in [2.45, 2.75) is 64.3 Å². The molecule has 1 aliphatic heterocycles. The Labute approximate surface area is 124 Å². The van der Waals surface area contributed by atoms with Crippen molar-refractivity contribution < 1.29 is 9.90 Å². The van der Waals surface area contributed by atoms with E-state index in [0.29, 0.717) is 11.7 Å². The molecule has 1 atom stereocenters. The van der Waals surface area contributed by atoms with E-state index in [-0.39, 0.29) is 0 Å². The average Bonchev–Trinajstić information content (AvgIpc) is 2.78. The van der Waals surface area contributed by atoms with Crippen LogP contribution in [0.25, 0.3) is 0 Å². The molecule has 1 aliphatic rings. The third kappa shape index (κ3) is 2.97. The van der Waals surface area contributed by atoms with Crippen molar-refractivity contribution in [3.63, 3.8) is 0 Å². The first-order valence-electron chi connectivity index (χ1n) is 7.43. The second-order valence-electron chi connectivity index (χ2n) is 6.05. The van der Waals surface area contributed by atoms with Crippen molar-refractivity contribution in [2.24, 2.45) is 0 Å². The first-order chi connectivity index (χ1) is 9.46. The second-order valence-corrected chi connectivity index (χ2v) is 6.89. The highest BCUT2D eigenvalue weighted by Crippen LogP contribution is 2.32. The third-order valence-electron chi connectivity index (χ3n) is 4.26. The van der Waals surface area contributed by atoms with E-state index in [4.69, 9.17) is 0 Å². The van der Waals surface area contributed by atoms with Gasteiger partial charge in [0.25, 0.3) is 0 Å². The van der Waals surface area contributed by atoms with Crippen molar-refractivity contribution in [3.8, 4) is 0 Å². The molecule has 0 spiro atoms. The number of aliphatic carboxylic acids is 1. The highest BCUT2D eigenvalue weighted by Gasteiger charge is 2.33. The first-order valence-corrected chi connectivity index (χ1v) is 8.30. The Morgan fingerprint density at radius 2 is 2.25 bits per heavy atom. The van der Waals surface area contributed by atoms with E-state index in [1.165, 1.54) is 25.7 Å². The van der Waals surface area contributed by atoms with E-state index in [2.05, 4.69) is 16.8 Å². The Hall–Kier alpha value is -1.10. The van der Waals surface area contributed by atoms with E-state index in [1.807, 2.05) is 5.38 Å². The van der Waals surface area contributed by atoms with Gasteiger partial charge in [0.15, 0.2) is 5.13 Å². The Bertz CT molecular complexity index is 470. The van der Waals surface area contributed by atoms with E-state index < -0.39 is 11.4 Å². The lowest BCUT2D eigenvalue weighted by Crippen LogP contribution is -2.34. The minimum atomic E-state index is -0.914. The highest BCUT2D eigenvalue weighted by atomic mass is 32.1. The lowest BCUT2D eigenvalue weighted by Gasteiger charge is -2.29. The second kappa shape index (κ2) is 6.12.